The van der Waals surface area contributed by atoms with Crippen molar-refractivity contribution in [1.82, 2.24) is 19.6 Å². The lowest BCUT2D eigenvalue weighted by molar-refractivity contribution is -0.179. The molecule has 0 aromatic carbocycles. The summed E-state index contributed by atoms with van der Waals surface area (Å²) in [6, 6.07) is -0.169. The van der Waals surface area contributed by atoms with E-state index in [0.717, 1.165) is 13.0 Å². The fourth-order valence-corrected chi connectivity index (χ4v) is 3.89. The van der Waals surface area contributed by atoms with E-state index in [4.69, 9.17) is 4.74 Å². The summed E-state index contributed by atoms with van der Waals surface area (Å²) in [7, 11) is 1.79. The Morgan fingerprint density at radius 1 is 1.48 bits per heavy atom. The molecule has 0 radical (unpaired) electrons. The zero-order chi connectivity index (χ0) is 14.6. The average molecular weight is 290 g/mol. The molecule has 112 valence electrons. The Bertz CT molecular complexity index is 613. The third-order valence-electron chi connectivity index (χ3n) is 4.82. The van der Waals surface area contributed by atoms with Crippen LogP contribution in [-0.2, 0) is 16.6 Å². The van der Waals surface area contributed by atoms with Crippen LogP contribution in [0.1, 0.15) is 29.6 Å². The van der Waals surface area contributed by atoms with Gasteiger partial charge in [-0.05, 0) is 6.42 Å². The van der Waals surface area contributed by atoms with Gasteiger partial charge in [-0.2, -0.15) is 5.10 Å². The first-order valence-electron chi connectivity index (χ1n) is 7.36. The molecule has 4 rings (SSSR count). The maximum atomic E-state index is 12.7. The molecule has 21 heavy (non-hydrogen) atoms. The van der Waals surface area contributed by atoms with E-state index in [1.165, 1.54) is 0 Å². The molecule has 0 N–H and O–H groups in total. The minimum atomic E-state index is -0.576. The van der Waals surface area contributed by atoms with Crippen molar-refractivity contribution in [2.45, 2.75) is 31.0 Å². The summed E-state index contributed by atoms with van der Waals surface area (Å²) in [6.45, 7) is 2.03. The van der Waals surface area contributed by atoms with Gasteiger partial charge in [0.2, 0.25) is 5.91 Å². The summed E-state index contributed by atoms with van der Waals surface area (Å²) >= 11 is 0. The van der Waals surface area contributed by atoms with Crippen molar-refractivity contribution in [2.24, 2.45) is 7.05 Å². The molecule has 1 aromatic heterocycles. The summed E-state index contributed by atoms with van der Waals surface area (Å²) in [5, 5.41) is 4.05. The predicted molar refractivity (Wildman–Crippen MR) is 72.3 cm³/mol. The van der Waals surface area contributed by atoms with E-state index < -0.39 is 5.72 Å². The molecule has 7 heteroatoms. The molecule has 3 aliphatic heterocycles. The lowest BCUT2D eigenvalue weighted by Gasteiger charge is -2.42. The number of hydrogen-bond acceptors (Lipinski definition) is 4. The molecule has 4 heterocycles. The summed E-state index contributed by atoms with van der Waals surface area (Å²) in [6.07, 6.45) is 5.23. The van der Waals surface area contributed by atoms with Crippen molar-refractivity contribution in [3.05, 3.63) is 18.0 Å². The highest BCUT2D eigenvalue weighted by atomic mass is 16.5. The van der Waals surface area contributed by atoms with Crippen molar-refractivity contribution < 1.29 is 14.3 Å². The van der Waals surface area contributed by atoms with Crippen LogP contribution < -0.4 is 0 Å². The summed E-state index contributed by atoms with van der Waals surface area (Å²) in [5.41, 5.74) is -0.0102. The van der Waals surface area contributed by atoms with Crippen molar-refractivity contribution in [2.75, 3.05) is 19.7 Å². The van der Waals surface area contributed by atoms with Crippen LogP contribution in [0.3, 0.4) is 0 Å². The van der Waals surface area contributed by atoms with Gasteiger partial charge in [0.1, 0.15) is 0 Å². The number of rotatable bonds is 1. The average Bonchev–Trinajstić information content (AvgIpc) is 3.11. The number of nitrogens with zero attached hydrogens (tertiary/aromatic N) is 4. The first kappa shape index (κ1) is 12.8. The predicted octanol–water partition coefficient (Wildman–Crippen LogP) is -0.0165. The molecule has 0 saturated carbocycles. The molecule has 1 spiro atoms. The summed E-state index contributed by atoms with van der Waals surface area (Å²) in [4.78, 5) is 28.5. The second kappa shape index (κ2) is 4.30. The number of ether oxygens (including phenoxy) is 1. The van der Waals surface area contributed by atoms with Crippen LogP contribution in [-0.4, -0.2) is 62.9 Å². The number of aryl methyl sites for hydroxylation is 1. The Balaban J connectivity index is 1.65. The Morgan fingerprint density at radius 3 is 3.10 bits per heavy atom. The van der Waals surface area contributed by atoms with Gasteiger partial charge >= 0.3 is 0 Å². The smallest absolute Gasteiger partial charge is 0.257 e. The molecule has 3 fully saturated rings. The lowest BCUT2D eigenvalue weighted by atomic mass is 10.0. The van der Waals surface area contributed by atoms with Gasteiger partial charge in [-0.25, -0.2) is 0 Å². The second-order valence-corrected chi connectivity index (χ2v) is 5.96. The second-order valence-electron chi connectivity index (χ2n) is 5.96. The van der Waals surface area contributed by atoms with E-state index in [0.29, 0.717) is 31.6 Å². The Hall–Kier alpha value is -1.89. The van der Waals surface area contributed by atoms with Crippen LogP contribution in [0.4, 0.5) is 0 Å². The number of aromatic nitrogens is 2. The SMILES string of the molecule is Cn1cc(C(=O)N2CC[C@@]34OCCCN3C(=O)C[C@@H]24)cn1. The number of hydrogen-bond donors (Lipinski definition) is 0. The Kier molecular flexibility index (Phi) is 2.63. The summed E-state index contributed by atoms with van der Waals surface area (Å²) in [5.74, 6) is 0.0391. The van der Waals surface area contributed by atoms with E-state index in [2.05, 4.69) is 5.10 Å². The maximum absolute atomic E-state index is 12.7. The van der Waals surface area contributed by atoms with E-state index in [9.17, 15) is 9.59 Å². The Morgan fingerprint density at radius 2 is 2.33 bits per heavy atom. The van der Waals surface area contributed by atoms with Crippen molar-refractivity contribution in [3.8, 4) is 0 Å². The summed E-state index contributed by atoms with van der Waals surface area (Å²) < 4.78 is 7.61. The van der Waals surface area contributed by atoms with Gasteiger partial charge < -0.3 is 14.5 Å². The molecular weight excluding hydrogens is 272 g/mol. The quantitative estimate of drug-likeness (QED) is 0.729. The monoisotopic (exact) mass is 290 g/mol. The van der Waals surface area contributed by atoms with Crippen molar-refractivity contribution >= 4 is 11.8 Å². The molecule has 3 saturated heterocycles. The third-order valence-corrected chi connectivity index (χ3v) is 4.82. The highest BCUT2D eigenvalue weighted by molar-refractivity contribution is 5.95. The standard InChI is InChI=1S/C14H18N4O3/c1-16-9-10(8-15-16)13(20)17-5-3-14-11(17)7-12(19)18(14)4-2-6-21-14/h8-9,11H,2-7H2,1H3/t11-,14+/m1/s1. The van der Waals surface area contributed by atoms with Crippen molar-refractivity contribution in [3.63, 3.8) is 0 Å². The molecule has 0 unspecified atom stereocenters. The number of likely N-dealkylation sites (tertiary alicyclic amines) is 1. The molecule has 0 aliphatic carbocycles. The molecular formula is C14H18N4O3. The van der Waals surface area contributed by atoms with Crippen LogP contribution in [0, 0.1) is 0 Å². The molecule has 1 aromatic rings. The molecule has 0 bridgehead atoms. The topological polar surface area (TPSA) is 67.7 Å². The molecule has 2 amide bonds. The largest absolute Gasteiger partial charge is 0.353 e. The number of carbonyl (C=O) groups excluding carboxylic acids is 2. The van der Waals surface area contributed by atoms with Gasteiger partial charge in [0, 0.05) is 32.8 Å². The maximum Gasteiger partial charge on any atom is 0.257 e. The molecule has 7 nitrogen and oxygen atoms in total. The Labute approximate surface area is 122 Å². The van der Waals surface area contributed by atoms with Crippen molar-refractivity contribution in [1.29, 1.82) is 0 Å². The first-order chi connectivity index (χ1) is 10.1. The van der Waals surface area contributed by atoms with Gasteiger partial charge in [0.15, 0.2) is 5.72 Å². The molecule has 2 atom stereocenters. The highest BCUT2D eigenvalue weighted by Gasteiger charge is 2.61. The van der Waals surface area contributed by atoms with Crippen LogP contribution in [0.5, 0.6) is 0 Å². The van der Waals surface area contributed by atoms with E-state index >= 15 is 0 Å². The lowest BCUT2D eigenvalue weighted by Crippen LogP contribution is -2.56. The van der Waals surface area contributed by atoms with Gasteiger partial charge in [0.25, 0.3) is 5.91 Å². The number of amides is 2. The van der Waals surface area contributed by atoms with Crippen LogP contribution >= 0.6 is 0 Å². The van der Waals surface area contributed by atoms with Crippen LogP contribution in [0.15, 0.2) is 12.4 Å². The van der Waals surface area contributed by atoms with E-state index in [1.54, 1.807) is 29.0 Å². The first-order valence-corrected chi connectivity index (χ1v) is 7.36. The van der Waals surface area contributed by atoms with Crippen LogP contribution in [0.25, 0.3) is 0 Å². The molecule has 3 aliphatic rings. The third kappa shape index (κ3) is 1.67. The van der Waals surface area contributed by atoms with Gasteiger partial charge in [-0.3, -0.25) is 14.3 Å². The number of carbonyl (C=O) groups is 2. The fourth-order valence-electron chi connectivity index (χ4n) is 3.89. The minimum Gasteiger partial charge on any atom is -0.353 e. The zero-order valence-electron chi connectivity index (χ0n) is 12.0. The zero-order valence-corrected chi connectivity index (χ0v) is 12.0. The van der Waals surface area contributed by atoms with E-state index in [-0.39, 0.29) is 17.9 Å². The fraction of sp³-hybridized carbons (Fsp3) is 0.643. The van der Waals surface area contributed by atoms with Crippen LogP contribution in [0.2, 0.25) is 0 Å². The van der Waals surface area contributed by atoms with Gasteiger partial charge in [-0.1, -0.05) is 0 Å². The van der Waals surface area contributed by atoms with E-state index in [1.807, 2.05) is 4.90 Å². The van der Waals surface area contributed by atoms with Gasteiger partial charge in [-0.15, -0.1) is 0 Å². The normalized spacial score (nSPS) is 31.5. The van der Waals surface area contributed by atoms with Gasteiger partial charge in [0.05, 0.1) is 30.8 Å². The highest BCUT2D eigenvalue weighted by Crippen LogP contribution is 2.45. The minimum absolute atomic E-state index is 0.0613.